The molecule has 1 unspecified atom stereocenters. The summed E-state index contributed by atoms with van der Waals surface area (Å²) >= 11 is 0. The van der Waals surface area contributed by atoms with E-state index in [1.54, 1.807) is 12.3 Å². The normalized spacial score (nSPS) is 19.7. The van der Waals surface area contributed by atoms with Crippen LogP contribution >= 0.6 is 0 Å². The van der Waals surface area contributed by atoms with Gasteiger partial charge in [0.1, 0.15) is 0 Å². The number of rotatable bonds is 6. The largest absolute Gasteiger partial charge is 0.369 e. The van der Waals surface area contributed by atoms with Crippen LogP contribution in [0.1, 0.15) is 31.2 Å². The van der Waals surface area contributed by atoms with E-state index in [1.165, 1.54) is 17.5 Å². The van der Waals surface area contributed by atoms with Gasteiger partial charge < -0.3 is 10.2 Å². The number of aromatic nitrogens is 2. The molecule has 6 nitrogen and oxygen atoms in total. The summed E-state index contributed by atoms with van der Waals surface area (Å²) in [6.45, 7) is 2.79. The molecule has 2 fully saturated rings. The van der Waals surface area contributed by atoms with Gasteiger partial charge in [-0.05, 0) is 37.2 Å². The van der Waals surface area contributed by atoms with E-state index < -0.39 is 0 Å². The van der Waals surface area contributed by atoms with Crippen LogP contribution in [-0.4, -0.2) is 35.3 Å². The third-order valence-electron chi connectivity index (χ3n) is 5.45. The van der Waals surface area contributed by atoms with Crippen molar-refractivity contribution in [3.63, 3.8) is 0 Å². The Morgan fingerprint density at radius 1 is 1.19 bits per heavy atom. The quantitative estimate of drug-likeness (QED) is 0.850. The highest BCUT2D eigenvalue weighted by Crippen LogP contribution is 2.28. The lowest BCUT2D eigenvalue weighted by Gasteiger charge is -2.33. The SMILES string of the molecule is O=C(NCC1CC1)C1CCCN(c2cnn(Cc3ccccc3)c(=O)c2)C1. The molecule has 1 saturated carbocycles. The third-order valence-corrected chi connectivity index (χ3v) is 5.45. The maximum Gasteiger partial charge on any atom is 0.269 e. The van der Waals surface area contributed by atoms with E-state index in [0.29, 0.717) is 19.0 Å². The summed E-state index contributed by atoms with van der Waals surface area (Å²) in [6.07, 6.45) is 6.08. The molecule has 1 amide bonds. The van der Waals surface area contributed by atoms with Gasteiger partial charge in [-0.1, -0.05) is 30.3 Å². The van der Waals surface area contributed by atoms with E-state index in [0.717, 1.165) is 37.2 Å². The lowest BCUT2D eigenvalue weighted by atomic mass is 9.96. The van der Waals surface area contributed by atoms with Crippen LogP contribution in [0.3, 0.4) is 0 Å². The first-order valence-corrected chi connectivity index (χ1v) is 9.83. The third kappa shape index (κ3) is 4.56. The lowest BCUT2D eigenvalue weighted by Crippen LogP contribution is -2.44. The molecule has 1 aliphatic carbocycles. The summed E-state index contributed by atoms with van der Waals surface area (Å²) in [5.41, 5.74) is 1.74. The summed E-state index contributed by atoms with van der Waals surface area (Å²) in [4.78, 5) is 27.0. The van der Waals surface area contributed by atoms with E-state index in [2.05, 4.69) is 15.3 Å². The van der Waals surface area contributed by atoms with Crippen molar-refractivity contribution in [2.24, 2.45) is 11.8 Å². The minimum absolute atomic E-state index is 0.00995. The number of hydrogen-bond donors (Lipinski definition) is 1. The average Bonchev–Trinajstić information content (AvgIpc) is 3.53. The van der Waals surface area contributed by atoms with Crippen LogP contribution in [0, 0.1) is 11.8 Å². The van der Waals surface area contributed by atoms with Crippen molar-refractivity contribution in [2.45, 2.75) is 32.2 Å². The Labute approximate surface area is 159 Å². The second-order valence-corrected chi connectivity index (χ2v) is 7.67. The summed E-state index contributed by atoms with van der Waals surface area (Å²) in [5, 5.41) is 7.44. The monoisotopic (exact) mass is 366 g/mol. The van der Waals surface area contributed by atoms with Crippen LogP contribution in [0.15, 0.2) is 47.4 Å². The van der Waals surface area contributed by atoms with Crippen LogP contribution in [0.25, 0.3) is 0 Å². The van der Waals surface area contributed by atoms with Crippen molar-refractivity contribution in [3.05, 3.63) is 58.5 Å². The Morgan fingerprint density at radius 3 is 2.74 bits per heavy atom. The van der Waals surface area contributed by atoms with E-state index in [4.69, 9.17) is 0 Å². The van der Waals surface area contributed by atoms with Crippen molar-refractivity contribution >= 4 is 11.6 Å². The van der Waals surface area contributed by atoms with Gasteiger partial charge >= 0.3 is 0 Å². The molecular weight excluding hydrogens is 340 g/mol. The molecule has 4 rings (SSSR count). The zero-order valence-corrected chi connectivity index (χ0v) is 15.5. The Balaban J connectivity index is 1.40. The number of benzene rings is 1. The second kappa shape index (κ2) is 7.94. The van der Waals surface area contributed by atoms with Crippen molar-refractivity contribution in [1.29, 1.82) is 0 Å². The van der Waals surface area contributed by atoms with E-state index in [-0.39, 0.29) is 17.4 Å². The van der Waals surface area contributed by atoms with E-state index in [1.807, 2.05) is 30.3 Å². The molecule has 27 heavy (non-hydrogen) atoms. The number of anilines is 1. The van der Waals surface area contributed by atoms with Crippen LogP contribution < -0.4 is 15.8 Å². The first kappa shape index (κ1) is 17.8. The number of carbonyl (C=O) groups excluding carboxylic acids is 1. The van der Waals surface area contributed by atoms with Crippen molar-refractivity contribution in [1.82, 2.24) is 15.1 Å². The van der Waals surface area contributed by atoms with E-state index >= 15 is 0 Å². The molecule has 1 aromatic heterocycles. The van der Waals surface area contributed by atoms with Gasteiger partial charge in [0.05, 0.1) is 24.3 Å². The van der Waals surface area contributed by atoms with Crippen LogP contribution in [0.2, 0.25) is 0 Å². The predicted molar refractivity (Wildman–Crippen MR) is 105 cm³/mol. The van der Waals surface area contributed by atoms with Crippen LogP contribution in [0.4, 0.5) is 5.69 Å². The summed E-state index contributed by atoms with van der Waals surface area (Å²) in [7, 11) is 0. The standard InChI is InChI=1S/C21H26N4O2/c26-20-11-19(13-23-25(20)14-17-5-2-1-3-6-17)24-10-4-7-18(15-24)21(27)22-12-16-8-9-16/h1-3,5-6,11,13,16,18H,4,7-10,12,14-15H2,(H,22,27). The molecule has 6 heteroatoms. The van der Waals surface area contributed by atoms with Crippen molar-refractivity contribution in [2.75, 3.05) is 24.5 Å². The Kier molecular flexibility index (Phi) is 5.23. The molecule has 1 atom stereocenters. The molecule has 1 aliphatic heterocycles. The fraction of sp³-hybridized carbons (Fsp3) is 0.476. The number of piperidine rings is 1. The molecular formula is C21H26N4O2. The van der Waals surface area contributed by atoms with Gasteiger partial charge in [-0.3, -0.25) is 9.59 Å². The molecule has 1 saturated heterocycles. The van der Waals surface area contributed by atoms with Crippen LogP contribution in [-0.2, 0) is 11.3 Å². The van der Waals surface area contributed by atoms with Gasteiger partial charge in [0.15, 0.2) is 0 Å². The molecule has 0 radical (unpaired) electrons. The number of carbonyl (C=O) groups is 1. The maximum atomic E-state index is 12.5. The van der Waals surface area contributed by atoms with Gasteiger partial charge in [-0.25, -0.2) is 4.68 Å². The Morgan fingerprint density at radius 2 is 2.00 bits per heavy atom. The highest BCUT2D eigenvalue weighted by atomic mass is 16.2. The van der Waals surface area contributed by atoms with Crippen LogP contribution in [0.5, 0.6) is 0 Å². The minimum Gasteiger partial charge on any atom is -0.369 e. The first-order chi connectivity index (χ1) is 13.2. The highest BCUT2D eigenvalue weighted by molar-refractivity contribution is 5.79. The molecule has 1 N–H and O–H groups in total. The van der Waals surface area contributed by atoms with Crippen molar-refractivity contribution in [3.8, 4) is 0 Å². The van der Waals surface area contributed by atoms with E-state index in [9.17, 15) is 9.59 Å². The number of hydrogen-bond acceptors (Lipinski definition) is 4. The zero-order chi connectivity index (χ0) is 18.6. The molecule has 2 aromatic rings. The topological polar surface area (TPSA) is 67.2 Å². The summed E-state index contributed by atoms with van der Waals surface area (Å²) in [6, 6.07) is 11.5. The van der Waals surface area contributed by atoms with Gasteiger partial charge in [0.25, 0.3) is 5.56 Å². The lowest BCUT2D eigenvalue weighted by molar-refractivity contribution is -0.125. The maximum absolute atomic E-state index is 12.5. The van der Waals surface area contributed by atoms with Gasteiger partial charge in [0.2, 0.25) is 5.91 Å². The van der Waals surface area contributed by atoms with Crippen molar-refractivity contribution < 1.29 is 4.79 Å². The Hall–Kier alpha value is -2.63. The molecule has 2 aliphatic rings. The molecule has 1 aromatic carbocycles. The smallest absolute Gasteiger partial charge is 0.269 e. The Bertz CT molecular complexity index is 845. The minimum atomic E-state index is -0.114. The summed E-state index contributed by atoms with van der Waals surface area (Å²) in [5.74, 6) is 0.830. The first-order valence-electron chi connectivity index (χ1n) is 9.83. The molecule has 2 heterocycles. The van der Waals surface area contributed by atoms with Gasteiger partial charge in [-0.15, -0.1) is 0 Å². The molecule has 142 valence electrons. The number of nitrogens with one attached hydrogen (secondary N) is 1. The average molecular weight is 366 g/mol. The second-order valence-electron chi connectivity index (χ2n) is 7.67. The summed E-state index contributed by atoms with van der Waals surface area (Å²) < 4.78 is 1.47. The predicted octanol–water partition coefficient (Wildman–Crippen LogP) is 2.03. The highest BCUT2D eigenvalue weighted by Gasteiger charge is 2.28. The molecule has 0 bridgehead atoms. The number of nitrogens with zero attached hydrogens (tertiary/aromatic N) is 3. The van der Waals surface area contributed by atoms with Gasteiger partial charge in [0, 0.05) is 25.7 Å². The number of amides is 1. The fourth-order valence-corrected chi connectivity index (χ4v) is 3.61. The van der Waals surface area contributed by atoms with Gasteiger partial charge in [-0.2, -0.15) is 5.10 Å². The fourth-order valence-electron chi connectivity index (χ4n) is 3.61. The zero-order valence-electron chi connectivity index (χ0n) is 15.5. The molecule has 0 spiro atoms.